The molecule has 1 N–H and O–H groups in total. The van der Waals surface area contributed by atoms with Crippen molar-refractivity contribution in [2.45, 2.75) is 13.1 Å². The Morgan fingerprint density at radius 2 is 1.80 bits per heavy atom. The summed E-state index contributed by atoms with van der Waals surface area (Å²) in [5.74, 6) is 0.979. The Bertz CT molecular complexity index is 533. The lowest BCUT2D eigenvalue weighted by Gasteiger charge is -2.11. The normalized spacial score (nSPS) is 10.6. The number of nitrogens with zero attached hydrogens (tertiary/aromatic N) is 4. The summed E-state index contributed by atoms with van der Waals surface area (Å²) in [7, 11) is 8.00. The molecule has 108 valence electrons. The van der Waals surface area contributed by atoms with E-state index in [2.05, 4.69) is 21.4 Å². The van der Waals surface area contributed by atoms with E-state index in [1.807, 2.05) is 56.5 Å². The molecule has 6 heteroatoms. The van der Waals surface area contributed by atoms with E-state index < -0.39 is 0 Å². The Labute approximate surface area is 124 Å². The number of thiazole rings is 1. The van der Waals surface area contributed by atoms with Crippen LogP contribution in [0.25, 0.3) is 0 Å². The van der Waals surface area contributed by atoms with Crippen molar-refractivity contribution in [3.05, 3.63) is 35.0 Å². The summed E-state index contributed by atoms with van der Waals surface area (Å²) < 4.78 is 0. The summed E-state index contributed by atoms with van der Waals surface area (Å²) in [5.41, 5.74) is 1.19. The maximum atomic E-state index is 4.40. The van der Waals surface area contributed by atoms with Crippen LogP contribution in [0.3, 0.4) is 0 Å². The largest absolute Gasteiger partial charge is 0.363 e. The van der Waals surface area contributed by atoms with Gasteiger partial charge in [-0.15, -0.1) is 11.3 Å². The third-order valence-electron chi connectivity index (χ3n) is 2.82. The third-order valence-corrected chi connectivity index (χ3v) is 3.98. The van der Waals surface area contributed by atoms with Gasteiger partial charge in [0.25, 0.3) is 0 Å². The minimum Gasteiger partial charge on any atom is -0.363 e. The molecule has 0 aliphatic rings. The van der Waals surface area contributed by atoms with Crippen LogP contribution in [0.1, 0.15) is 10.4 Å². The fourth-order valence-electron chi connectivity index (χ4n) is 1.70. The van der Waals surface area contributed by atoms with Crippen molar-refractivity contribution < 1.29 is 0 Å². The zero-order chi connectivity index (χ0) is 14.5. The van der Waals surface area contributed by atoms with Crippen LogP contribution in [0.2, 0.25) is 0 Å². The summed E-state index contributed by atoms with van der Waals surface area (Å²) in [4.78, 5) is 14.0. The number of hydrogen-bond acceptors (Lipinski definition) is 6. The van der Waals surface area contributed by atoms with Gasteiger partial charge in [-0.2, -0.15) is 0 Å². The zero-order valence-electron chi connectivity index (χ0n) is 12.4. The van der Waals surface area contributed by atoms with Crippen LogP contribution in [0, 0.1) is 0 Å². The topological polar surface area (TPSA) is 44.3 Å². The van der Waals surface area contributed by atoms with Crippen molar-refractivity contribution in [3.8, 4) is 0 Å². The molecule has 2 heterocycles. The van der Waals surface area contributed by atoms with Gasteiger partial charge in [0.2, 0.25) is 0 Å². The fraction of sp³-hybridized carbons (Fsp3) is 0.429. The van der Waals surface area contributed by atoms with Gasteiger partial charge in [0.1, 0.15) is 5.82 Å². The van der Waals surface area contributed by atoms with Gasteiger partial charge in [0, 0.05) is 58.6 Å². The SMILES string of the molecule is CN(C)c1ccc(CNCc2cnc(N(C)C)s2)cn1. The zero-order valence-corrected chi connectivity index (χ0v) is 13.2. The van der Waals surface area contributed by atoms with Gasteiger partial charge in [-0.05, 0) is 11.6 Å². The molecule has 0 aromatic carbocycles. The van der Waals surface area contributed by atoms with Crippen LogP contribution in [-0.2, 0) is 13.1 Å². The summed E-state index contributed by atoms with van der Waals surface area (Å²) in [6.45, 7) is 1.65. The Hall–Kier alpha value is -1.66. The molecular weight excluding hydrogens is 270 g/mol. The van der Waals surface area contributed by atoms with Crippen LogP contribution in [-0.4, -0.2) is 38.2 Å². The molecule has 0 unspecified atom stereocenters. The van der Waals surface area contributed by atoms with Crippen molar-refractivity contribution >= 4 is 22.3 Å². The number of rotatable bonds is 6. The number of nitrogens with one attached hydrogen (secondary N) is 1. The van der Waals surface area contributed by atoms with Gasteiger partial charge in [-0.3, -0.25) is 0 Å². The van der Waals surface area contributed by atoms with Gasteiger partial charge in [-0.25, -0.2) is 9.97 Å². The first-order valence-corrected chi connectivity index (χ1v) is 7.33. The van der Waals surface area contributed by atoms with Crippen LogP contribution >= 0.6 is 11.3 Å². The van der Waals surface area contributed by atoms with Crippen molar-refractivity contribution in [3.63, 3.8) is 0 Å². The lowest BCUT2D eigenvalue weighted by atomic mass is 10.3. The standard InChI is InChI=1S/C14H21N5S/c1-18(2)13-6-5-11(8-16-13)7-15-9-12-10-17-14(20-12)19(3)4/h5-6,8,10,15H,7,9H2,1-4H3. The van der Waals surface area contributed by atoms with Crippen molar-refractivity contribution in [2.75, 3.05) is 38.0 Å². The van der Waals surface area contributed by atoms with Gasteiger partial charge < -0.3 is 15.1 Å². The molecule has 0 fully saturated rings. The maximum Gasteiger partial charge on any atom is 0.185 e. The molecule has 5 nitrogen and oxygen atoms in total. The number of hydrogen-bond donors (Lipinski definition) is 1. The van der Waals surface area contributed by atoms with E-state index in [-0.39, 0.29) is 0 Å². The second kappa shape index (κ2) is 6.67. The first kappa shape index (κ1) is 14.7. The minimum atomic E-state index is 0.815. The molecule has 0 aliphatic carbocycles. The second-order valence-corrected chi connectivity index (χ2v) is 6.12. The number of pyridine rings is 1. The molecule has 0 aliphatic heterocycles. The van der Waals surface area contributed by atoms with Crippen molar-refractivity contribution in [1.82, 2.24) is 15.3 Å². The van der Waals surface area contributed by atoms with Gasteiger partial charge >= 0.3 is 0 Å². The van der Waals surface area contributed by atoms with E-state index in [9.17, 15) is 0 Å². The van der Waals surface area contributed by atoms with E-state index in [0.29, 0.717) is 0 Å². The Balaban J connectivity index is 1.83. The molecule has 0 atom stereocenters. The molecule has 2 aromatic heterocycles. The predicted molar refractivity (Wildman–Crippen MR) is 85.5 cm³/mol. The van der Waals surface area contributed by atoms with E-state index >= 15 is 0 Å². The van der Waals surface area contributed by atoms with Gasteiger partial charge in [-0.1, -0.05) is 6.07 Å². The number of anilines is 2. The summed E-state index contributed by atoms with van der Waals surface area (Å²) in [6.07, 6.45) is 3.85. The average Bonchev–Trinajstić information content (AvgIpc) is 2.88. The summed E-state index contributed by atoms with van der Waals surface area (Å²) in [5, 5.41) is 4.46. The molecule has 0 radical (unpaired) electrons. The second-order valence-electron chi connectivity index (χ2n) is 5.03. The van der Waals surface area contributed by atoms with Crippen LogP contribution < -0.4 is 15.1 Å². The van der Waals surface area contributed by atoms with Crippen LogP contribution in [0.4, 0.5) is 10.9 Å². The Morgan fingerprint density at radius 1 is 1.00 bits per heavy atom. The average molecular weight is 291 g/mol. The lowest BCUT2D eigenvalue weighted by Crippen LogP contribution is -2.13. The van der Waals surface area contributed by atoms with Crippen molar-refractivity contribution in [2.24, 2.45) is 0 Å². The summed E-state index contributed by atoms with van der Waals surface area (Å²) in [6, 6.07) is 4.14. The highest BCUT2D eigenvalue weighted by molar-refractivity contribution is 7.15. The third kappa shape index (κ3) is 3.91. The van der Waals surface area contributed by atoms with E-state index in [4.69, 9.17) is 0 Å². The van der Waals surface area contributed by atoms with E-state index in [1.54, 1.807) is 11.3 Å². The molecule has 2 aromatic rings. The van der Waals surface area contributed by atoms with Gasteiger partial charge in [0.05, 0.1) is 0 Å². The molecule has 2 rings (SSSR count). The molecule has 0 saturated heterocycles. The predicted octanol–water partition coefficient (Wildman–Crippen LogP) is 1.96. The van der Waals surface area contributed by atoms with E-state index in [1.165, 1.54) is 10.4 Å². The molecule has 0 bridgehead atoms. The molecule has 20 heavy (non-hydrogen) atoms. The highest BCUT2D eigenvalue weighted by Crippen LogP contribution is 2.20. The Kier molecular flexibility index (Phi) is 4.92. The quantitative estimate of drug-likeness (QED) is 0.881. The first-order chi connectivity index (χ1) is 9.56. The molecular formula is C14H21N5S. The smallest absolute Gasteiger partial charge is 0.185 e. The highest BCUT2D eigenvalue weighted by Gasteiger charge is 2.03. The molecule has 0 amide bonds. The van der Waals surface area contributed by atoms with Crippen molar-refractivity contribution in [1.29, 1.82) is 0 Å². The van der Waals surface area contributed by atoms with E-state index in [0.717, 1.165) is 24.0 Å². The summed E-state index contributed by atoms with van der Waals surface area (Å²) >= 11 is 1.71. The maximum absolute atomic E-state index is 4.40. The molecule has 0 saturated carbocycles. The molecule has 0 spiro atoms. The van der Waals surface area contributed by atoms with Crippen LogP contribution in [0.5, 0.6) is 0 Å². The lowest BCUT2D eigenvalue weighted by molar-refractivity contribution is 0.698. The fourth-order valence-corrected chi connectivity index (χ4v) is 2.50. The number of aromatic nitrogens is 2. The highest BCUT2D eigenvalue weighted by atomic mass is 32.1. The minimum absolute atomic E-state index is 0.815. The van der Waals surface area contributed by atoms with Crippen LogP contribution in [0.15, 0.2) is 24.5 Å². The Morgan fingerprint density at radius 3 is 2.35 bits per heavy atom. The first-order valence-electron chi connectivity index (χ1n) is 6.51. The van der Waals surface area contributed by atoms with Gasteiger partial charge in [0.15, 0.2) is 5.13 Å². The monoisotopic (exact) mass is 291 g/mol.